The second-order valence-corrected chi connectivity index (χ2v) is 12.9. The predicted molar refractivity (Wildman–Crippen MR) is 179 cm³/mol. The normalized spacial score (nSPS) is 21.8. The lowest BCUT2D eigenvalue weighted by atomic mass is 9.99. The Bertz CT molecular complexity index is 1630. The maximum atomic E-state index is 14.3. The molecule has 0 saturated carbocycles. The lowest BCUT2D eigenvalue weighted by molar-refractivity contribution is -0.137. The fourth-order valence-electron chi connectivity index (χ4n) is 6.71. The van der Waals surface area contributed by atoms with Crippen molar-refractivity contribution < 1.29 is 23.9 Å². The highest BCUT2D eigenvalue weighted by Crippen LogP contribution is 2.29. The van der Waals surface area contributed by atoms with Crippen LogP contribution in [0.4, 0.5) is 0 Å². The quantitative estimate of drug-likeness (QED) is 0.374. The van der Waals surface area contributed by atoms with Crippen LogP contribution in [0.25, 0.3) is 11.1 Å². The van der Waals surface area contributed by atoms with Gasteiger partial charge in [-0.15, -0.1) is 0 Å². The third kappa shape index (κ3) is 8.31. The van der Waals surface area contributed by atoms with Crippen LogP contribution in [-0.2, 0) is 20.8 Å². The van der Waals surface area contributed by atoms with E-state index in [1.54, 1.807) is 35.2 Å². The molecule has 246 valence electrons. The van der Waals surface area contributed by atoms with Gasteiger partial charge in [-0.3, -0.25) is 24.1 Å². The Hall–Kier alpha value is -4.41. The third-order valence-electron chi connectivity index (χ3n) is 8.99. The van der Waals surface area contributed by atoms with Gasteiger partial charge in [-0.2, -0.15) is 0 Å². The van der Waals surface area contributed by atoms with Crippen LogP contribution in [0.2, 0.25) is 5.02 Å². The molecule has 10 nitrogen and oxygen atoms in total. The van der Waals surface area contributed by atoms with Crippen LogP contribution < -0.4 is 20.7 Å². The average Bonchev–Trinajstić information content (AvgIpc) is 3.72. The summed E-state index contributed by atoms with van der Waals surface area (Å²) in [5, 5.41) is 9.54. The molecule has 6 rings (SSSR count). The monoisotopic (exact) mass is 657 g/mol. The number of nitrogens with zero attached hydrogens (tertiary/aromatic N) is 2. The van der Waals surface area contributed by atoms with Gasteiger partial charge in [0, 0.05) is 29.7 Å². The van der Waals surface area contributed by atoms with Crippen molar-refractivity contribution in [3.63, 3.8) is 0 Å². The number of fused-ring (bicyclic) bond motifs is 5. The summed E-state index contributed by atoms with van der Waals surface area (Å²) in [5.74, 6) is -0.356. The molecular weight excluding hydrogens is 618 g/mol. The molecule has 11 heteroatoms. The zero-order valence-corrected chi connectivity index (χ0v) is 27.0. The molecule has 0 aromatic heterocycles. The van der Waals surface area contributed by atoms with E-state index in [1.165, 1.54) is 0 Å². The molecule has 0 unspecified atom stereocenters. The van der Waals surface area contributed by atoms with E-state index in [9.17, 15) is 19.2 Å². The summed E-state index contributed by atoms with van der Waals surface area (Å²) in [6, 6.07) is 20.4. The van der Waals surface area contributed by atoms with Gasteiger partial charge in [-0.25, -0.2) is 0 Å². The first-order valence-corrected chi connectivity index (χ1v) is 16.7. The molecular formula is C36H40ClN5O5. The van der Waals surface area contributed by atoms with E-state index in [0.29, 0.717) is 29.3 Å². The molecule has 3 atom stereocenters. The Kier molecular flexibility index (Phi) is 10.4. The maximum absolute atomic E-state index is 14.3. The standard InChI is InChI=1S/C36H40ClN5O5/c37-26-9-5-7-24(17-26)18-33(43)40-32-13-14-38-35(45)31-12-2-1-11-30(31)25-8-6-10-29(19-25)47-23-28-20-27(21-42(28)36(32)46)39-34(44)22-41-15-3-4-16-41/h1-2,5-12,17,19,27-28,32H,3-4,13-16,18,20-23H2,(H,38,45)(H,39,44)(H,40,43)/t27-,28-,32+/m0/s1. The summed E-state index contributed by atoms with van der Waals surface area (Å²) in [6.45, 7) is 2.81. The van der Waals surface area contributed by atoms with E-state index >= 15 is 0 Å². The van der Waals surface area contributed by atoms with Gasteiger partial charge in [-0.05, 0) is 85.8 Å². The fraction of sp³-hybridized carbons (Fsp3) is 0.389. The minimum atomic E-state index is -0.912. The number of nitrogens with one attached hydrogen (secondary N) is 3. The van der Waals surface area contributed by atoms with E-state index in [2.05, 4.69) is 20.9 Å². The molecule has 0 radical (unpaired) electrons. The highest BCUT2D eigenvalue weighted by Gasteiger charge is 2.39. The van der Waals surface area contributed by atoms with Crippen molar-refractivity contribution in [3.05, 3.63) is 88.9 Å². The predicted octanol–water partition coefficient (Wildman–Crippen LogP) is 3.43. The summed E-state index contributed by atoms with van der Waals surface area (Å²) in [7, 11) is 0. The lowest BCUT2D eigenvalue weighted by Gasteiger charge is -2.29. The van der Waals surface area contributed by atoms with Crippen LogP contribution in [0, 0.1) is 0 Å². The van der Waals surface area contributed by atoms with Gasteiger partial charge in [0.2, 0.25) is 17.7 Å². The molecule has 3 aliphatic rings. The summed E-state index contributed by atoms with van der Waals surface area (Å²) in [5.41, 5.74) is 2.82. The number of ether oxygens (including phenoxy) is 1. The number of rotatable bonds is 6. The number of amides is 4. The topological polar surface area (TPSA) is 120 Å². The number of carbonyl (C=O) groups is 4. The number of carbonyl (C=O) groups excluding carboxylic acids is 4. The first-order valence-electron chi connectivity index (χ1n) is 16.3. The Labute approximate surface area is 279 Å². The van der Waals surface area contributed by atoms with Crippen molar-refractivity contribution in [2.24, 2.45) is 0 Å². The fourth-order valence-corrected chi connectivity index (χ4v) is 6.92. The smallest absolute Gasteiger partial charge is 0.251 e. The largest absolute Gasteiger partial charge is 0.491 e. The zero-order valence-electron chi connectivity index (χ0n) is 26.3. The molecule has 3 heterocycles. The van der Waals surface area contributed by atoms with Crippen LogP contribution >= 0.6 is 11.6 Å². The molecule has 0 spiro atoms. The number of halogens is 1. The summed E-state index contributed by atoms with van der Waals surface area (Å²) in [6.07, 6.45) is 2.92. The van der Waals surface area contributed by atoms with Crippen LogP contribution in [-0.4, -0.2) is 90.9 Å². The van der Waals surface area contributed by atoms with E-state index in [4.69, 9.17) is 16.3 Å². The van der Waals surface area contributed by atoms with Gasteiger partial charge in [0.25, 0.3) is 5.91 Å². The Morgan fingerprint density at radius 2 is 1.70 bits per heavy atom. The Morgan fingerprint density at radius 3 is 2.51 bits per heavy atom. The van der Waals surface area contributed by atoms with Gasteiger partial charge in [0.05, 0.1) is 19.0 Å². The molecule has 3 aromatic rings. The average molecular weight is 658 g/mol. The van der Waals surface area contributed by atoms with E-state index < -0.39 is 6.04 Å². The van der Waals surface area contributed by atoms with E-state index in [0.717, 1.165) is 42.6 Å². The minimum Gasteiger partial charge on any atom is -0.491 e. The van der Waals surface area contributed by atoms with Gasteiger partial charge in [-0.1, -0.05) is 54.1 Å². The second kappa shape index (κ2) is 15.0. The van der Waals surface area contributed by atoms with Crippen LogP contribution in [0.15, 0.2) is 72.8 Å². The first kappa shape index (κ1) is 32.5. The Morgan fingerprint density at radius 1 is 0.915 bits per heavy atom. The third-order valence-corrected chi connectivity index (χ3v) is 9.23. The Balaban J connectivity index is 1.25. The molecule has 3 aliphatic heterocycles. The van der Waals surface area contributed by atoms with E-state index in [-0.39, 0.29) is 68.3 Å². The van der Waals surface area contributed by atoms with Crippen LogP contribution in [0.5, 0.6) is 5.75 Å². The molecule has 2 bridgehead atoms. The maximum Gasteiger partial charge on any atom is 0.251 e. The van der Waals surface area contributed by atoms with Crippen LogP contribution in [0.3, 0.4) is 0 Å². The number of hydrogen-bond acceptors (Lipinski definition) is 6. The highest BCUT2D eigenvalue weighted by atomic mass is 35.5. The molecule has 2 saturated heterocycles. The van der Waals surface area contributed by atoms with Gasteiger partial charge in [0.15, 0.2) is 0 Å². The molecule has 4 amide bonds. The van der Waals surface area contributed by atoms with Crippen molar-refractivity contribution in [3.8, 4) is 16.9 Å². The van der Waals surface area contributed by atoms with Crippen LogP contribution in [0.1, 0.15) is 41.6 Å². The minimum absolute atomic E-state index is 0.0431. The van der Waals surface area contributed by atoms with Gasteiger partial charge < -0.3 is 25.6 Å². The summed E-state index contributed by atoms with van der Waals surface area (Å²) >= 11 is 6.13. The summed E-state index contributed by atoms with van der Waals surface area (Å²) in [4.78, 5) is 57.7. The molecule has 47 heavy (non-hydrogen) atoms. The summed E-state index contributed by atoms with van der Waals surface area (Å²) < 4.78 is 6.28. The second-order valence-electron chi connectivity index (χ2n) is 12.5. The number of hydrogen-bond donors (Lipinski definition) is 3. The van der Waals surface area contributed by atoms with Crippen molar-refractivity contribution in [2.75, 3.05) is 39.3 Å². The van der Waals surface area contributed by atoms with Crippen molar-refractivity contribution >= 4 is 35.2 Å². The highest BCUT2D eigenvalue weighted by molar-refractivity contribution is 6.30. The molecule has 0 aliphatic carbocycles. The molecule has 2 fully saturated rings. The first-order chi connectivity index (χ1) is 22.8. The van der Waals surface area contributed by atoms with E-state index in [1.807, 2.05) is 42.5 Å². The van der Waals surface area contributed by atoms with Gasteiger partial charge in [0.1, 0.15) is 18.4 Å². The molecule has 3 N–H and O–H groups in total. The van der Waals surface area contributed by atoms with Crippen molar-refractivity contribution in [1.29, 1.82) is 0 Å². The lowest BCUT2D eigenvalue weighted by Crippen LogP contribution is -2.53. The van der Waals surface area contributed by atoms with Crippen molar-refractivity contribution in [2.45, 2.75) is 50.2 Å². The SMILES string of the molecule is O=C(CN1CCCC1)N[C@H]1C[C@H]2COc3cccc(c3)-c3ccccc3C(=O)NCC[C@@H](NC(=O)Cc3cccc(Cl)c3)C(=O)N2C1. The zero-order chi connectivity index (χ0) is 32.8. The number of benzene rings is 3. The number of likely N-dealkylation sites (tertiary alicyclic amines) is 1. The molecule has 3 aromatic carbocycles. The van der Waals surface area contributed by atoms with Crippen molar-refractivity contribution in [1.82, 2.24) is 25.8 Å². The van der Waals surface area contributed by atoms with Gasteiger partial charge >= 0.3 is 0 Å².